The molecule has 0 bridgehead atoms. The molecule has 31 heavy (non-hydrogen) atoms. The zero-order valence-electron chi connectivity index (χ0n) is 17.4. The highest BCUT2D eigenvalue weighted by atomic mass is 16.5. The topological polar surface area (TPSA) is 77.2 Å². The molecule has 4 aromatic rings. The Kier molecular flexibility index (Phi) is 6.08. The number of aromatic nitrogens is 2. The number of carbonyl (C=O) groups is 1. The van der Waals surface area contributed by atoms with E-state index in [2.05, 4.69) is 53.6 Å². The predicted molar refractivity (Wildman–Crippen MR) is 119 cm³/mol. The summed E-state index contributed by atoms with van der Waals surface area (Å²) in [6.45, 7) is 4.32. The highest BCUT2D eigenvalue weighted by Gasteiger charge is 2.12. The first-order chi connectivity index (χ1) is 15.1. The maximum Gasteiger partial charge on any atom is 0.322 e. The van der Waals surface area contributed by atoms with Crippen LogP contribution in [0.1, 0.15) is 47.1 Å². The van der Waals surface area contributed by atoms with Gasteiger partial charge in [-0.2, -0.15) is 0 Å². The van der Waals surface area contributed by atoms with Crippen LogP contribution in [0.3, 0.4) is 0 Å². The molecule has 0 fully saturated rings. The van der Waals surface area contributed by atoms with E-state index in [4.69, 9.17) is 9.15 Å². The normalized spacial score (nSPS) is 10.8. The first-order valence-electron chi connectivity index (χ1n) is 10.1. The molecule has 0 aliphatic heterocycles. The Morgan fingerprint density at radius 1 is 0.903 bits per heavy atom. The van der Waals surface area contributed by atoms with Gasteiger partial charge in [-0.25, -0.2) is 0 Å². The van der Waals surface area contributed by atoms with Crippen LogP contribution in [0.2, 0.25) is 0 Å². The quantitative estimate of drug-likeness (QED) is 0.412. The van der Waals surface area contributed by atoms with Gasteiger partial charge in [0.15, 0.2) is 0 Å². The Morgan fingerprint density at radius 2 is 1.58 bits per heavy atom. The third kappa shape index (κ3) is 5.36. The van der Waals surface area contributed by atoms with Crippen molar-refractivity contribution >= 4 is 11.9 Å². The van der Waals surface area contributed by atoms with Gasteiger partial charge in [-0.05, 0) is 53.4 Å². The number of ether oxygens (including phenoxy) is 1. The van der Waals surface area contributed by atoms with Gasteiger partial charge in [0, 0.05) is 5.56 Å². The summed E-state index contributed by atoms with van der Waals surface area (Å²) in [5.41, 5.74) is 2.81. The van der Waals surface area contributed by atoms with Crippen molar-refractivity contribution in [1.29, 1.82) is 0 Å². The first kappa shape index (κ1) is 20.3. The number of nitrogens with zero attached hydrogens (tertiary/aromatic N) is 2. The van der Waals surface area contributed by atoms with Gasteiger partial charge in [0.25, 0.3) is 5.91 Å². The molecule has 1 N–H and O–H groups in total. The van der Waals surface area contributed by atoms with E-state index in [1.165, 1.54) is 5.56 Å². The molecule has 0 atom stereocenters. The van der Waals surface area contributed by atoms with Gasteiger partial charge >= 0.3 is 6.01 Å². The van der Waals surface area contributed by atoms with Gasteiger partial charge in [0.2, 0.25) is 5.89 Å². The van der Waals surface area contributed by atoms with Gasteiger partial charge < -0.3 is 9.15 Å². The zero-order chi connectivity index (χ0) is 21.6. The number of rotatable bonds is 7. The van der Waals surface area contributed by atoms with Gasteiger partial charge in [0.05, 0.1) is 6.42 Å². The Labute approximate surface area is 180 Å². The summed E-state index contributed by atoms with van der Waals surface area (Å²) in [4.78, 5) is 12.5. The van der Waals surface area contributed by atoms with Crippen LogP contribution >= 0.6 is 0 Å². The van der Waals surface area contributed by atoms with Crippen molar-refractivity contribution in [2.24, 2.45) is 0 Å². The second-order valence-corrected chi connectivity index (χ2v) is 7.47. The highest BCUT2D eigenvalue weighted by Crippen LogP contribution is 2.22. The lowest BCUT2D eigenvalue weighted by atomic mass is 10.0. The molecule has 0 unspecified atom stereocenters. The molecule has 1 amide bonds. The number of anilines is 1. The maximum atomic E-state index is 12.5. The number of hydrogen-bond donors (Lipinski definition) is 1. The zero-order valence-corrected chi connectivity index (χ0v) is 17.4. The molecule has 0 aliphatic carbocycles. The minimum atomic E-state index is -0.331. The van der Waals surface area contributed by atoms with Crippen LogP contribution in [0, 0.1) is 0 Å². The minimum absolute atomic E-state index is 0.0726. The van der Waals surface area contributed by atoms with Crippen molar-refractivity contribution in [3.05, 3.63) is 101 Å². The molecular weight excluding hydrogens is 390 g/mol. The van der Waals surface area contributed by atoms with E-state index in [0.29, 0.717) is 29.5 Å². The summed E-state index contributed by atoms with van der Waals surface area (Å²) >= 11 is 0. The van der Waals surface area contributed by atoms with Crippen molar-refractivity contribution in [2.45, 2.75) is 26.2 Å². The molecule has 1 heterocycles. The second-order valence-electron chi connectivity index (χ2n) is 7.47. The lowest BCUT2D eigenvalue weighted by molar-refractivity contribution is 0.102. The molecule has 0 spiro atoms. The molecule has 0 saturated carbocycles. The SMILES string of the molecule is CC(C)c1ccc(Cc2nnc(NC(=O)c3ccc(Oc4ccccc4)cc3)o2)cc1. The van der Waals surface area contributed by atoms with E-state index >= 15 is 0 Å². The number of hydrogen-bond acceptors (Lipinski definition) is 5. The van der Waals surface area contributed by atoms with Crippen LogP contribution in [0.4, 0.5) is 6.01 Å². The number of benzene rings is 3. The lowest BCUT2D eigenvalue weighted by Gasteiger charge is -2.06. The molecule has 0 aliphatic rings. The van der Waals surface area contributed by atoms with Crippen molar-refractivity contribution < 1.29 is 13.9 Å². The third-order valence-electron chi connectivity index (χ3n) is 4.78. The Balaban J connectivity index is 1.35. The maximum absolute atomic E-state index is 12.5. The summed E-state index contributed by atoms with van der Waals surface area (Å²) in [5, 5.41) is 10.6. The largest absolute Gasteiger partial charge is 0.457 e. The van der Waals surface area contributed by atoms with Crippen LogP contribution in [0.5, 0.6) is 11.5 Å². The van der Waals surface area contributed by atoms with Crippen LogP contribution in [-0.2, 0) is 6.42 Å². The summed E-state index contributed by atoms with van der Waals surface area (Å²) in [7, 11) is 0. The fourth-order valence-electron chi connectivity index (χ4n) is 3.04. The minimum Gasteiger partial charge on any atom is -0.457 e. The van der Waals surface area contributed by atoms with E-state index in [1.54, 1.807) is 24.3 Å². The molecule has 0 radical (unpaired) electrons. The van der Waals surface area contributed by atoms with Gasteiger partial charge in [0.1, 0.15) is 11.5 Å². The first-order valence-corrected chi connectivity index (χ1v) is 10.1. The average Bonchev–Trinajstić information content (AvgIpc) is 3.22. The average molecular weight is 413 g/mol. The van der Waals surface area contributed by atoms with Crippen molar-refractivity contribution in [3.63, 3.8) is 0 Å². The number of nitrogens with one attached hydrogen (secondary N) is 1. The van der Waals surface area contributed by atoms with Crippen molar-refractivity contribution in [2.75, 3.05) is 5.32 Å². The molecule has 4 rings (SSSR count). The van der Waals surface area contributed by atoms with E-state index in [-0.39, 0.29) is 11.9 Å². The van der Waals surface area contributed by atoms with Gasteiger partial charge in [-0.1, -0.05) is 61.4 Å². The van der Waals surface area contributed by atoms with E-state index in [9.17, 15) is 4.79 Å². The van der Waals surface area contributed by atoms with Gasteiger partial charge in [-0.15, -0.1) is 5.10 Å². The fraction of sp³-hybridized carbons (Fsp3) is 0.160. The number of amides is 1. The fourth-order valence-corrected chi connectivity index (χ4v) is 3.04. The van der Waals surface area contributed by atoms with Gasteiger partial charge in [-0.3, -0.25) is 10.1 Å². The molecule has 0 saturated heterocycles. The van der Waals surface area contributed by atoms with Crippen LogP contribution in [0.25, 0.3) is 0 Å². The van der Waals surface area contributed by atoms with Crippen LogP contribution in [-0.4, -0.2) is 16.1 Å². The Hall–Kier alpha value is -3.93. The summed E-state index contributed by atoms with van der Waals surface area (Å²) < 4.78 is 11.3. The lowest BCUT2D eigenvalue weighted by Crippen LogP contribution is -2.11. The monoisotopic (exact) mass is 413 g/mol. The van der Waals surface area contributed by atoms with E-state index in [0.717, 1.165) is 11.3 Å². The summed E-state index contributed by atoms with van der Waals surface area (Å²) in [5.74, 6) is 1.98. The summed E-state index contributed by atoms with van der Waals surface area (Å²) in [6, 6.07) is 24.7. The Bertz CT molecular complexity index is 1130. The van der Waals surface area contributed by atoms with Crippen molar-refractivity contribution in [1.82, 2.24) is 10.2 Å². The van der Waals surface area contributed by atoms with Crippen molar-refractivity contribution in [3.8, 4) is 11.5 Å². The molecule has 1 aromatic heterocycles. The second kappa shape index (κ2) is 9.26. The smallest absolute Gasteiger partial charge is 0.322 e. The van der Waals surface area contributed by atoms with Crippen LogP contribution < -0.4 is 10.1 Å². The van der Waals surface area contributed by atoms with Crippen LogP contribution in [0.15, 0.2) is 83.3 Å². The molecule has 3 aromatic carbocycles. The molecule has 6 nitrogen and oxygen atoms in total. The molecule has 156 valence electrons. The number of para-hydroxylation sites is 1. The summed E-state index contributed by atoms with van der Waals surface area (Å²) in [6.07, 6.45) is 0.507. The standard InChI is InChI=1S/C25H23N3O3/c1-17(2)19-10-8-18(9-11-19)16-23-27-28-25(31-23)26-24(29)20-12-14-22(15-13-20)30-21-6-4-3-5-7-21/h3-15,17H,16H2,1-2H3,(H,26,28,29). The third-order valence-corrected chi connectivity index (χ3v) is 4.78. The Morgan fingerprint density at radius 3 is 2.26 bits per heavy atom. The van der Waals surface area contributed by atoms with E-state index < -0.39 is 0 Å². The molecular formula is C25H23N3O3. The van der Waals surface area contributed by atoms with E-state index in [1.807, 2.05) is 30.3 Å². The number of carbonyl (C=O) groups excluding carboxylic acids is 1. The predicted octanol–water partition coefficient (Wildman–Crippen LogP) is 5.83. The molecule has 6 heteroatoms. The highest BCUT2D eigenvalue weighted by molar-refractivity contribution is 6.03.